The second-order valence-electron chi connectivity index (χ2n) is 4.61. The highest BCUT2D eigenvalue weighted by atomic mass is 32.1. The average molecular weight is 298 g/mol. The quantitative estimate of drug-likeness (QED) is 0.891. The molecule has 2 aromatic rings. The third kappa shape index (κ3) is 3.39. The van der Waals surface area contributed by atoms with Gasteiger partial charge in [-0.05, 0) is 26.0 Å². The van der Waals surface area contributed by atoms with Crippen molar-refractivity contribution in [1.82, 2.24) is 10.3 Å². The van der Waals surface area contributed by atoms with Crippen LogP contribution >= 0.6 is 11.3 Å². The minimum absolute atomic E-state index is 0.0532. The fourth-order valence-electron chi connectivity index (χ4n) is 1.88. The second-order valence-corrected chi connectivity index (χ2v) is 5.50. The van der Waals surface area contributed by atoms with Crippen molar-refractivity contribution in [3.8, 4) is 0 Å². The molecule has 0 aliphatic rings. The summed E-state index contributed by atoms with van der Waals surface area (Å²) >= 11 is 1.51. The molecule has 0 spiro atoms. The van der Waals surface area contributed by atoms with Gasteiger partial charge in [0.15, 0.2) is 0 Å². The van der Waals surface area contributed by atoms with Crippen molar-refractivity contribution in [3.63, 3.8) is 0 Å². The van der Waals surface area contributed by atoms with Gasteiger partial charge in [-0.25, -0.2) is 13.8 Å². The van der Waals surface area contributed by atoms with Crippen LogP contribution < -0.4 is 5.32 Å². The molecule has 1 heterocycles. The van der Waals surface area contributed by atoms with E-state index in [9.17, 15) is 13.9 Å². The Kier molecular flexibility index (Phi) is 4.80. The molecule has 2 N–H and O–H groups in total. The number of aliphatic hydroxyl groups is 1. The summed E-state index contributed by atoms with van der Waals surface area (Å²) in [6.07, 6.45) is -1.24. The van der Waals surface area contributed by atoms with Gasteiger partial charge in [-0.2, -0.15) is 0 Å². The zero-order valence-corrected chi connectivity index (χ0v) is 12.0. The minimum Gasteiger partial charge on any atom is -0.387 e. The number of benzene rings is 1. The molecule has 6 heteroatoms. The largest absolute Gasteiger partial charge is 0.387 e. The van der Waals surface area contributed by atoms with Crippen molar-refractivity contribution in [1.29, 1.82) is 0 Å². The Morgan fingerprint density at radius 2 is 2.00 bits per heavy atom. The number of nitrogens with zero attached hydrogens (tertiary/aromatic N) is 1. The number of rotatable bonds is 5. The number of aromatic nitrogens is 1. The molecule has 2 unspecified atom stereocenters. The Hall–Kier alpha value is -1.37. The standard InChI is InChI=1S/C14H16F2N2OS/c1-8-7-20-14(18-8)9(2)17-6-12(19)13-10(15)4-3-5-11(13)16/h3-5,7,9,12,17,19H,6H2,1-2H3. The van der Waals surface area contributed by atoms with Gasteiger partial charge in [0.25, 0.3) is 0 Å². The smallest absolute Gasteiger partial charge is 0.131 e. The zero-order chi connectivity index (χ0) is 14.7. The number of hydrogen-bond acceptors (Lipinski definition) is 4. The molecule has 0 radical (unpaired) electrons. The molecule has 0 aliphatic carbocycles. The summed E-state index contributed by atoms with van der Waals surface area (Å²) in [7, 11) is 0. The summed E-state index contributed by atoms with van der Waals surface area (Å²) in [4.78, 5) is 4.32. The monoisotopic (exact) mass is 298 g/mol. The van der Waals surface area contributed by atoms with Crippen molar-refractivity contribution < 1.29 is 13.9 Å². The first kappa shape index (κ1) is 15.0. The highest BCUT2D eigenvalue weighted by Gasteiger charge is 2.19. The molecule has 1 aromatic heterocycles. The van der Waals surface area contributed by atoms with Gasteiger partial charge in [-0.1, -0.05) is 6.07 Å². The third-order valence-electron chi connectivity index (χ3n) is 2.96. The van der Waals surface area contributed by atoms with E-state index in [0.29, 0.717) is 0 Å². The van der Waals surface area contributed by atoms with Crippen molar-refractivity contribution >= 4 is 11.3 Å². The number of nitrogens with one attached hydrogen (secondary N) is 1. The molecule has 2 rings (SSSR count). The Bertz CT molecular complexity index is 568. The number of halogens is 2. The minimum atomic E-state index is -1.24. The van der Waals surface area contributed by atoms with Crippen molar-refractivity contribution in [3.05, 3.63) is 51.5 Å². The van der Waals surface area contributed by atoms with Gasteiger partial charge in [0, 0.05) is 17.6 Å². The molecule has 3 nitrogen and oxygen atoms in total. The van der Waals surface area contributed by atoms with E-state index in [4.69, 9.17) is 0 Å². The lowest BCUT2D eigenvalue weighted by Crippen LogP contribution is -2.25. The Balaban J connectivity index is 2.00. The van der Waals surface area contributed by atoms with Crippen LogP contribution in [0.15, 0.2) is 23.6 Å². The first-order chi connectivity index (χ1) is 9.49. The van der Waals surface area contributed by atoms with Crippen LogP contribution in [0, 0.1) is 18.6 Å². The fraction of sp³-hybridized carbons (Fsp3) is 0.357. The predicted molar refractivity (Wildman–Crippen MR) is 74.6 cm³/mol. The summed E-state index contributed by atoms with van der Waals surface area (Å²) in [5.74, 6) is -1.48. The maximum Gasteiger partial charge on any atom is 0.131 e. The molecular weight excluding hydrogens is 282 g/mol. The first-order valence-corrected chi connectivity index (χ1v) is 7.14. The van der Waals surface area contributed by atoms with E-state index in [1.54, 1.807) is 0 Å². The van der Waals surface area contributed by atoms with Gasteiger partial charge in [0.2, 0.25) is 0 Å². The highest BCUT2D eigenvalue weighted by molar-refractivity contribution is 7.09. The Labute approximate surface area is 120 Å². The van der Waals surface area contributed by atoms with Crippen LogP contribution in [0.4, 0.5) is 8.78 Å². The molecule has 0 saturated carbocycles. The summed E-state index contributed by atoms with van der Waals surface area (Å²) in [6, 6.07) is 3.46. The van der Waals surface area contributed by atoms with Crippen molar-refractivity contribution in [2.75, 3.05) is 6.54 Å². The molecule has 20 heavy (non-hydrogen) atoms. The number of aryl methyl sites for hydroxylation is 1. The van der Waals surface area contributed by atoms with Gasteiger partial charge < -0.3 is 10.4 Å². The molecule has 0 amide bonds. The van der Waals surface area contributed by atoms with Gasteiger partial charge >= 0.3 is 0 Å². The molecular formula is C14H16F2N2OS. The van der Waals surface area contributed by atoms with E-state index in [1.807, 2.05) is 19.2 Å². The Morgan fingerprint density at radius 3 is 2.55 bits per heavy atom. The molecule has 0 fully saturated rings. The summed E-state index contributed by atoms with van der Waals surface area (Å²) in [6.45, 7) is 3.84. The van der Waals surface area contributed by atoms with Crippen LogP contribution in [-0.2, 0) is 0 Å². The second kappa shape index (κ2) is 6.39. The van der Waals surface area contributed by atoms with Gasteiger partial charge in [-0.3, -0.25) is 0 Å². The van der Waals surface area contributed by atoms with E-state index in [1.165, 1.54) is 17.4 Å². The predicted octanol–water partition coefficient (Wildman–Crippen LogP) is 3.11. The molecule has 0 aliphatic heterocycles. The number of thiazole rings is 1. The molecule has 1 aromatic carbocycles. The van der Waals surface area contributed by atoms with Crippen LogP contribution in [0.5, 0.6) is 0 Å². The van der Waals surface area contributed by atoms with E-state index in [-0.39, 0.29) is 18.2 Å². The van der Waals surface area contributed by atoms with Crippen LogP contribution in [0.25, 0.3) is 0 Å². The average Bonchev–Trinajstić information content (AvgIpc) is 2.82. The van der Waals surface area contributed by atoms with Crippen LogP contribution in [-0.4, -0.2) is 16.6 Å². The van der Waals surface area contributed by atoms with Gasteiger partial charge in [-0.15, -0.1) is 11.3 Å². The van der Waals surface area contributed by atoms with Gasteiger partial charge in [0.05, 0.1) is 17.7 Å². The lowest BCUT2D eigenvalue weighted by Gasteiger charge is -2.16. The SMILES string of the molecule is Cc1csc(C(C)NCC(O)c2c(F)cccc2F)n1. The van der Waals surface area contributed by atoms with Crippen molar-refractivity contribution in [2.24, 2.45) is 0 Å². The van der Waals surface area contributed by atoms with E-state index in [0.717, 1.165) is 22.8 Å². The number of aliphatic hydroxyl groups excluding tert-OH is 1. The maximum atomic E-state index is 13.5. The lowest BCUT2D eigenvalue weighted by atomic mass is 10.1. The normalized spacial score (nSPS) is 14.2. The third-order valence-corrected chi connectivity index (χ3v) is 4.10. The zero-order valence-electron chi connectivity index (χ0n) is 11.2. The van der Waals surface area contributed by atoms with E-state index in [2.05, 4.69) is 10.3 Å². The fourth-order valence-corrected chi connectivity index (χ4v) is 2.71. The van der Waals surface area contributed by atoms with E-state index >= 15 is 0 Å². The Morgan fingerprint density at radius 1 is 1.35 bits per heavy atom. The first-order valence-electron chi connectivity index (χ1n) is 6.26. The molecule has 2 atom stereocenters. The van der Waals surface area contributed by atoms with E-state index < -0.39 is 17.7 Å². The maximum absolute atomic E-state index is 13.5. The molecule has 108 valence electrons. The summed E-state index contributed by atoms with van der Waals surface area (Å²) in [5, 5.41) is 15.8. The highest BCUT2D eigenvalue weighted by Crippen LogP contribution is 2.22. The molecule has 0 bridgehead atoms. The van der Waals surface area contributed by atoms with Crippen LogP contribution in [0.3, 0.4) is 0 Å². The van der Waals surface area contributed by atoms with Crippen LogP contribution in [0.2, 0.25) is 0 Å². The van der Waals surface area contributed by atoms with Crippen LogP contribution in [0.1, 0.15) is 35.3 Å². The summed E-state index contributed by atoms with van der Waals surface area (Å²) in [5.41, 5.74) is 0.627. The van der Waals surface area contributed by atoms with Gasteiger partial charge in [0.1, 0.15) is 16.6 Å². The topological polar surface area (TPSA) is 45.1 Å². The number of hydrogen-bond donors (Lipinski definition) is 2. The molecule has 0 saturated heterocycles. The summed E-state index contributed by atoms with van der Waals surface area (Å²) < 4.78 is 27.0. The van der Waals surface area contributed by atoms with Crippen molar-refractivity contribution in [2.45, 2.75) is 26.0 Å². The lowest BCUT2D eigenvalue weighted by molar-refractivity contribution is 0.161.